The van der Waals surface area contributed by atoms with Gasteiger partial charge in [0, 0.05) is 53.3 Å². The van der Waals surface area contributed by atoms with E-state index in [4.69, 9.17) is 11.6 Å². The molecular weight excluding hydrogens is 392 g/mol. The molecule has 0 atom stereocenters. The van der Waals surface area contributed by atoms with Crippen LogP contribution in [-0.4, -0.2) is 47.8 Å². The van der Waals surface area contributed by atoms with Gasteiger partial charge < -0.3 is 9.80 Å². The van der Waals surface area contributed by atoms with Crippen LogP contribution in [0.3, 0.4) is 0 Å². The molecule has 6 heteroatoms. The number of thioether (sulfide) groups is 1. The summed E-state index contributed by atoms with van der Waals surface area (Å²) >= 11 is 7.65. The SMILES string of the molecule is CC(C)C(=O)N1CCN(C(=O)c2ccc(CSc3ccc(Cl)cc3)cc2)CC1. The van der Waals surface area contributed by atoms with Gasteiger partial charge in [0.15, 0.2) is 0 Å². The monoisotopic (exact) mass is 416 g/mol. The van der Waals surface area contributed by atoms with Crippen LogP contribution in [0, 0.1) is 5.92 Å². The van der Waals surface area contributed by atoms with Crippen molar-refractivity contribution in [2.45, 2.75) is 24.5 Å². The second kappa shape index (κ2) is 9.48. The zero-order chi connectivity index (χ0) is 20.1. The van der Waals surface area contributed by atoms with Gasteiger partial charge in [0.25, 0.3) is 5.91 Å². The predicted octanol–water partition coefficient (Wildman–Crippen LogP) is 4.57. The van der Waals surface area contributed by atoms with E-state index in [9.17, 15) is 9.59 Å². The van der Waals surface area contributed by atoms with Crippen LogP contribution in [0.1, 0.15) is 29.8 Å². The summed E-state index contributed by atoms with van der Waals surface area (Å²) in [7, 11) is 0. The molecular formula is C22H25ClN2O2S. The topological polar surface area (TPSA) is 40.6 Å². The number of amides is 2. The van der Waals surface area contributed by atoms with Crippen molar-refractivity contribution in [1.82, 2.24) is 9.80 Å². The first-order valence-corrected chi connectivity index (χ1v) is 10.9. The van der Waals surface area contributed by atoms with E-state index in [0.717, 1.165) is 10.8 Å². The molecule has 3 rings (SSSR count). The summed E-state index contributed by atoms with van der Waals surface area (Å²) in [5.74, 6) is 1.04. The zero-order valence-corrected chi connectivity index (χ0v) is 17.8. The molecule has 2 aromatic rings. The molecule has 1 aliphatic heterocycles. The van der Waals surface area contributed by atoms with Crippen LogP contribution in [0.5, 0.6) is 0 Å². The van der Waals surface area contributed by atoms with Crippen molar-refractivity contribution < 1.29 is 9.59 Å². The van der Waals surface area contributed by atoms with Crippen molar-refractivity contribution in [1.29, 1.82) is 0 Å². The Bertz CT molecular complexity index is 813. The second-order valence-electron chi connectivity index (χ2n) is 7.21. The van der Waals surface area contributed by atoms with Gasteiger partial charge >= 0.3 is 0 Å². The van der Waals surface area contributed by atoms with E-state index in [2.05, 4.69) is 0 Å². The van der Waals surface area contributed by atoms with E-state index in [0.29, 0.717) is 31.7 Å². The van der Waals surface area contributed by atoms with Crippen LogP contribution in [0.15, 0.2) is 53.4 Å². The van der Waals surface area contributed by atoms with Gasteiger partial charge in [-0.3, -0.25) is 9.59 Å². The van der Waals surface area contributed by atoms with Gasteiger partial charge in [0.05, 0.1) is 0 Å². The maximum absolute atomic E-state index is 12.7. The minimum atomic E-state index is 0.000498. The van der Waals surface area contributed by atoms with Crippen molar-refractivity contribution in [3.8, 4) is 0 Å². The zero-order valence-electron chi connectivity index (χ0n) is 16.2. The van der Waals surface area contributed by atoms with Crippen LogP contribution in [0.4, 0.5) is 0 Å². The summed E-state index contributed by atoms with van der Waals surface area (Å²) in [4.78, 5) is 29.7. The highest BCUT2D eigenvalue weighted by Gasteiger charge is 2.25. The van der Waals surface area contributed by atoms with Gasteiger partial charge in [-0.15, -0.1) is 11.8 Å². The van der Waals surface area contributed by atoms with Gasteiger partial charge in [0.2, 0.25) is 5.91 Å². The fourth-order valence-electron chi connectivity index (χ4n) is 3.12. The first-order chi connectivity index (χ1) is 13.4. The number of piperazine rings is 1. The van der Waals surface area contributed by atoms with Crippen molar-refractivity contribution in [2.75, 3.05) is 26.2 Å². The van der Waals surface area contributed by atoms with Crippen LogP contribution in [-0.2, 0) is 10.5 Å². The normalized spacial score (nSPS) is 14.4. The highest BCUT2D eigenvalue weighted by molar-refractivity contribution is 7.98. The van der Waals surface area contributed by atoms with E-state index >= 15 is 0 Å². The predicted molar refractivity (Wildman–Crippen MR) is 115 cm³/mol. The molecule has 0 bridgehead atoms. The van der Waals surface area contributed by atoms with Crippen LogP contribution in [0.25, 0.3) is 0 Å². The minimum Gasteiger partial charge on any atom is -0.339 e. The van der Waals surface area contributed by atoms with Crippen molar-refractivity contribution >= 4 is 35.2 Å². The molecule has 1 heterocycles. The molecule has 0 saturated carbocycles. The number of hydrogen-bond donors (Lipinski definition) is 0. The summed E-state index contributed by atoms with van der Waals surface area (Å²) in [6.45, 7) is 6.22. The molecule has 0 N–H and O–H groups in total. The van der Waals surface area contributed by atoms with Gasteiger partial charge in [-0.05, 0) is 42.0 Å². The Labute approximate surface area is 175 Å². The quantitative estimate of drug-likeness (QED) is 0.670. The van der Waals surface area contributed by atoms with Gasteiger partial charge in [-0.1, -0.05) is 37.6 Å². The summed E-state index contributed by atoms with van der Waals surface area (Å²) in [5.41, 5.74) is 1.87. The number of benzene rings is 2. The van der Waals surface area contributed by atoms with E-state index in [1.807, 2.05) is 72.2 Å². The van der Waals surface area contributed by atoms with Crippen LogP contribution in [0.2, 0.25) is 5.02 Å². The first kappa shape index (κ1) is 20.7. The smallest absolute Gasteiger partial charge is 0.253 e. The minimum absolute atomic E-state index is 0.000498. The van der Waals surface area contributed by atoms with E-state index < -0.39 is 0 Å². The number of hydrogen-bond acceptors (Lipinski definition) is 3. The van der Waals surface area contributed by atoms with E-state index in [1.165, 1.54) is 10.5 Å². The molecule has 2 amide bonds. The summed E-state index contributed by atoms with van der Waals surface area (Å²) in [5, 5.41) is 0.738. The number of halogens is 1. The standard InChI is InChI=1S/C22H25ClN2O2S/c1-16(2)21(26)24-11-13-25(14-12-24)22(27)18-5-3-17(4-6-18)15-28-20-9-7-19(23)8-10-20/h3-10,16H,11-15H2,1-2H3. The summed E-state index contributed by atoms with van der Waals surface area (Å²) in [6.07, 6.45) is 0. The molecule has 2 aromatic carbocycles. The lowest BCUT2D eigenvalue weighted by molar-refractivity contribution is -0.135. The van der Waals surface area contributed by atoms with Crippen LogP contribution >= 0.6 is 23.4 Å². The largest absolute Gasteiger partial charge is 0.339 e. The molecule has 4 nitrogen and oxygen atoms in total. The average molecular weight is 417 g/mol. The Kier molecular flexibility index (Phi) is 7.03. The molecule has 0 unspecified atom stereocenters. The Morgan fingerprint density at radius 3 is 2.07 bits per heavy atom. The summed E-state index contributed by atoms with van der Waals surface area (Å²) < 4.78 is 0. The Balaban J connectivity index is 1.52. The summed E-state index contributed by atoms with van der Waals surface area (Å²) in [6, 6.07) is 15.6. The lowest BCUT2D eigenvalue weighted by atomic mass is 10.1. The van der Waals surface area contributed by atoms with Gasteiger partial charge in [-0.25, -0.2) is 0 Å². The third kappa shape index (κ3) is 5.30. The molecule has 0 spiro atoms. The van der Waals surface area contributed by atoms with Crippen molar-refractivity contribution in [2.24, 2.45) is 5.92 Å². The van der Waals surface area contributed by atoms with E-state index in [1.54, 1.807) is 11.8 Å². The third-order valence-electron chi connectivity index (χ3n) is 4.79. The van der Waals surface area contributed by atoms with Crippen molar-refractivity contribution in [3.05, 3.63) is 64.7 Å². The van der Waals surface area contributed by atoms with Gasteiger partial charge in [-0.2, -0.15) is 0 Å². The number of carbonyl (C=O) groups is 2. The second-order valence-corrected chi connectivity index (χ2v) is 8.70. The van der Waals surface area contributed by atoms with Crippen LogP contribution < -0.4 is 0 Å². The maximum Gasteiger partial charge on any atom is 0.253 e. The fraction of sp³-hybridized carbons (Fsp3) is 0.364. The fourth-order valence-corrected chi connectivity index (χ4v) is 4.10. The molecule has 148 valence electrons. The molecule has 28 heavy (non-hydrogen) atoms. The van der Waals surface area contributed by atoms with Crippen molar-refractivity contribution in [3.63, 3.8) is 0 Å². The number of rotatable bonds is 5. The average Bonchev–Trinajstić information content (AvgIpc) is 2.73. The van der Waals surface area contributed by atoms with E-state index in [-0.39, 0.29) is 17.7 Å². The lowest BCUT2D eigenvalue weighted by Crippen LogP contribution is -2.51. The highest BCUT2D eigenvalue weighted by Crippen LogP contribution is 2.24. The highest BCUT2D eigenvalue weighted by atomic mass is 35.5. The lowest BCUT2D eigenvalue weighted by Gasteiger charge is -2.35. The Hall–Kier alpha value is -1.98. The Morgan fingerprint density at radius 1 is 0.929 bits per heavy atom. The number of nitrogens with zero attached hydrogens (tertiary/aromatic N) is 2. The maximum atomic E-state index is 12.7. The molecule has 1 saturated heterocycles. The molecule has 0 radical (unpaired) electrons. The molecule has 0 aromatic heterocycles. The molecule has 0 aliphatic carbocycles. The number of carbonyl (C=O) groups excluding carboxylic acids is 2. The molecule has 1 aliphatic rings. The Morgan fingerprint density at radius 2 is 1.50 bits per heavy atom. The first-order valence-electron chi connectivity index (χ1n) is 9.49. The third-order valence-corrected chi connectivity index (χ3v) is 6.13. The molecule has 1 fully saturated rings. The van der Waals surface area contributed by atoms with Gasteiger partial charge in [0.1, 0.15) is 0 Å².